The van der Waals surface area contributed by atoms with Gasteiger partial charge in [0.1, 0.15) is 0 Å². The Balaban J connectivity index is 1.43. The fourth-order valence-electron chi connectivity index (χ4n) is 3.76. The van der Waals surface area contributed by atoms with Crippen molar-refractivity contribution in [3.63, 3.8) is 0 Å². The Morgan fingerprint density at radius 1 is 0.613 bits per heavy atom. The Hall–Kier alpha value is -3.12. The summed E-state index contributed by atoms with van der Waals surface area (Å²) in [6.45, 7) is 0. The van der Waals surface area contributed by atoms with Gasteiger partial charge in [-0.1, -0.05) is 103 Å². The van der Waals surface area contributed by atoms with Gasteiger partial charge in [0.15, 0.2) is 15.5 Å². The lowest BCUT2D eigenvalue weighted by molar-refractivity contribution is 0.854. The summed E-state index contributed by atoms with van der Waals surface area (Å²) in [6, 6.07) is 27.3. The Bertz CT molecular complexity index is 1240. The molecule has 0 saturated carbocycles. The molecule has 3 aromatic carbocycles. The van der Waals surface area contributed by atoms with Crippen molar-refractivity contribution < 1.29 is 0 Å². The van der Waals surface area contributed by atoms with Crippen LogP contribution in [0.4, 0.5) is 0 Å². The molecule has 0 radical (unpaired) electrons. The minimum atomic E-state index is 0.441. The van der Waals surface area contributed by atoms with Crippen LogP contribution in [-0.4, -0.2) is 15.0 Å². The van der Waals surface area contributed by atoms with E-state index in [-0.39, 0.29) is 0 Å². The zero-order chi connectivity index (χ0) is 21.0. The van der Waals surface area contributed by atoms with E-state index < -0.39 is 0 Å². The maximum absolute atomic E-state index is 4.77. The second-order valence-corrected chi connectivity index (χ2v) is 8.44. The van der Waals surface area contributed by atoms with E-state index in [9.17, 15) is 0 Å². The van der Waals surface area contributed by atoms with E-state index in [0.29, 0.717) is 21.4 Å². The van der Waals surface area contributed by atoms with E-state index in [0.717, 1.165) is 17.5 Å². The molecule has 4 heteroatoms. The van der Waals surface area contributed by atoms with Gasteiger partial charge in [-0.3, -0.25) is 0 Å². The maximum Gasteiger partial charge on any atom is 0.194 e. The molecule has 0 aliphatic heterocycles. The first kappa shape index (κ1) is 19.8. The largest absolute Gasteiger partial charge is 0.208 e. The van der Waals surface area contributed by atoms with E-state index in [1.807, 2.05) is 6.07 Å². The van der Waals surface area contributed by atoms with Crippen molar-refractivity contribution in [3.05, 3.63) is 113 Å². The summed E-state index contributed by atoms with van der Waals surface area (Å²) >= 11 is 2.16. The van der Waals surface area contributed by atoms with E-state index in [2.05, 4.69) is 130 Å². The third-order valence-corrected chi connectivity index (χ3v) is 5.92. The first-order chi connectivity index (χ1) is 15.3. The number of hydrogen-bond donors (Lipinski definition) is 0. The van der Waals surface area contributed by atoms with Crippen LogP contribution in [0.15, 0.2) is 103 Å². The Morgan fingerprint density at radius 2 is 1.19 bits per heavy atom. The zero-order valence-corrected chi connectivity index (χ0v) is 19.0. The van der Waals surface area contributed by atoms with E-state index in [1.165, 1.54) is 16.7 Å². The summed E-state index contributed by atoms with van der Waals surface area (Å²) < 4.78 is 0.689. The SMILES string of the molecule is Ic1nc(-c2ccc(-c3ccccc3)cc2)nc(-c2ccc(C3C=CC=CC3)cc2)n1. The van der Waals surface area contributed by atoms with Gasteiger partial charge in [-0.05, 0) is 23.1 Å². The molecule has 0 fully saturated rings. The van der Waals surface area contributed by atoms with Gasteiger partial charge in [-0.15, -0.1) is 0 Å². The van der Waals surface area contributed by atoms with Crippen LogP contribution in [0.3, 0.4) is 0 Å². The lowest BCUT2D eigenvalue weighted by atomic mass is 9.92. The molecule has 4 aromatic rings. The van der Waals surface area contributed by atoms with Crippen LogP contribution in [0, 0.1) is 3.83 Å². The van der Waals surface area contributed by atoms with Crippen LogP contribution in [0.2, 0.25) is 0 Å². The fraction of sp³-hybridized carbons (Fsp3) is 0.0741. The number of benzene rings is 3. The normalized spacial score (nSPS) is 15.2. The molecule has 1 aliphatic carbocycles. The predicted octanol–water partition coefficient (Wildman–Crippen LogP) is 7.08. The van der Waals surface area contributed by atoms with E-state index in [4.69, 9.17) is 4.98 Å². The molecule has 0 bridgehead atoms. The average Bonchev–Trinajstić information content (AvgIpc) is 2.85. The maximum atomic E-state index is 4.77. The molecule has 1 unspecified atom stereocenters. The van der Waals surface area contributed by atoms with Crippen LogP contribution in [0.1, 0.15) is 17.9 Å². The number of halogens is 1. The van der Waals surface area contributed by atoms with Crippen molar-refractivity contribution in [3.8, 4) is 33.9 Å². The second kappa shape index (κ2) is 8.94. The van der Waals surface area contributed by atoms with Crippen LogP contribution >= 0.6 is 22.6 Å². The lowest BCUT2D eigenvalue weighted by Crippen LogP contribution is -2.00. The van der Waals surface area contributed by atoms with Crippen molar-refractivity contribution >= 4 is 22.6 Å². The number of allylic oxidation sites excluding steroid dienone is 4. The Kier molecular flexibility index (Phi) is 5.71. The summed E-state index contributed by atoms with van der Waals surface area (Å²) in [5.74, 6) is 1.84. The van der Waals surface area contributed by atoms with Crippen LogP contribution in [0.5, 0.6) is 0 Å². The first-order valence-electron chi connectivity index (χ1n) is 10.3. The zero-order valence-electron chi connectivity index (χ0n) is 16.8. The van der Waals surface area contributed by atoms with Crippen molar-refractivity contribution in [2.45, 2.75) is 12.3 Å². The highest BCUT2D eigenvalue weighted by Gasteiger charge is 2.12. The van der Waals surface area contributed by atoms with Crippen LogP contribution in [-0.2, 0) is 0 Å². The standard InChI is InChI=1S/C27H20IN3/c28-27-30-25(23-15-11-21(12-16-23)19-7-3-1-4-8-19)29-26(31-27)24-17-13-22(14-18-24)20-9-5-2-6-10-20/h1-9,11-18,20H,10H2. The molecule has 0 saturated heterocycles. The van der Waals surface area contributed by atoms with Gasteiger partial charge in [0, 0.05) is 39.6 Å². The number of nitrogens with zero attached hydrogens (tertiary/aromatic N) is 3. The quantitative estimate of drug-likeness (QED) is 0.274. The summed E-state index contributed by atoms with van der Waals surface area (Å²) in [5.41, 5.74) is 5.67. The van der Waals surface area contributed by atoms with Gasteiger partial charge in [0.25, 0.3) is 0 Å². The number of rotatable bonds is 4. The Labute approximate surface area is 195 Å². The molecule has 1 heterocycles. The summed E-state index contributed by atoms with van der Waals surface area (Å²) in [7, 11) is 0. The van der Waals surface area contributed by atoms with Gasteiger partial charge in [-0.2, -0.15) is 0 Å². The highest BCUT2D eigenvalue weighted by atomic mass is 127. The minimum absolute atomic E-state index is 0.441. The summed E-state index contributed by atoms with van der Waals surface area (Å²) in [6.07, 6.45) is 9.72. The topological polar surface area (TPSA) is 38.7 Å². The molecule has 0 amide bonds. The third kappa shape index (κ3) is 4.49. The van der Waals surface area contributed by atoms with Crippen molar-refractivity contribution in [1.29, 1.82) is 0 Å². The van der Waals surface area contributed by atoms with E-state index in [1.54, 1.807) is 0 Å². The fourth-order valence-corrected chi connectivity index (χ4v) is 4.21. The molecule has 3 nitrogen and oxygen atoms in total. The minimum Gasteiger partial charge on any atom is -0.208 e. The van der Waals surface area contributed by atoms with Gasteiger partial charge in [-0.25, -0.2) is 15.0 Å². The molecule has 1 aliphatic rings. The molecule has 1 aromatic heterocycles. The summed E-state index contributed by atoms with van der Waals surface area (Å²) in [5, 5.41) is 0. The lowest BCUT2D eigenvalue weighted by Gasteiger charge is -2.13. The molecule has 0 spiro atoms. The van der Waals surface area contributed by atoms with Crippen LogP contribution < -0.4 is 0 Å². The molecule has 1 atom stereocenters. The van der Waals surface area contributed by atoms with Crippen molar-refractivity contribution in [2.75, 3.05) is 0 Å². The van der Waals surface area contributed by atoms with Gasteiger partial charge >= 0.3 is 0 Å². The predicted molar refractivity (Wildman–Crippen MR) is 134 cm³/mol. The van der Waals surface area contributed by atoms with Crippen molar-refractivity contribution in [1.82, 2.24) is 15.0 Å². The molecule has 0 N–H and O–H groups in total. The molecular weight excluding hydrogens is 493 g/mol. The number of hydrogen-bond acceptors (Lipinski definition) is 3. The van der Waals surface area contributed by atoms with Crippen LogP contribution in [0.25, 0.3) is 33.9 Å². The summed E-state index contributed by atoms with van der Waals surface area (Å²) in [4.78, 5) is 13.9. The highest BCUT2D eigenvalue weighted by molar-refractivity contribution is 14.1. The first-order valence-corrected chi connectivity index (χ1v) is 11.4. The van der Waals surface area contributed by atoms with Gasteiger partial charge < -0.3 is 0 Å². The van der Waals surface area contributed by atoms with E-state index >= 15 is 0 Å². The average molecular weight is 513 g/mol. The van der Waals surface area contributed by atoms with Crippen molar-refractivity contribution in [2.24, 2.45) is 0 Å². The van der Waals surface area contributed by atoms with Gasteiger partial charge in [0.05, 0.1) is 0 Å². The third-order valence-electron chi connectivity index (χ3n) is 5.44. The smallest absolute Gasteiger partial charge is 0.194 e. The molecule has 5 rings (SSSR count). The second-order valence-electron chi connectivity index (χ2n) is 7.47. The molecular formula is C27H20IN3. The highest BCUT2D eigenvalue weighted by Crippen LogP contribution is 2.28. The molecule has 31 heavy (non-hydrogen) atoms. The monoisotopic (exact) mass is 513 g/mol. The Morgan fingerprint density at radius 3 is 1.81 bits per heavy atom. The van der Waals surface area contributed by atoms with Gasteiger partial charge in [0.2, 0.25) is 0 Å². The molecule has 150 valence electrons. The number of aromatic nitrogens is 3.